The van der Waals surface area contributed by atoms with Gasteiger partial charge in [0.2, 0.25) is 0 Å². The molecule has 0 bridgehead atoms. The molecule has 0 atom stereocenters. The highest BCUT2D eigenvalue weighted by atomic mass is 35.5. The predicted molar refractivity (Wildman–Crippen MR) is 94.3 cm³/mol. The lowest BCUT2D eigenvalue weighted by molar-refractivity contribution is -0.123. The number of likely N-dealkylation sites (N-methyl/N-ethyl adjacent to an activating group) is 1. The van der Waals surface area contributed by atoms with Gasteiger partial charge >= 0.3 is 6.09 Å². The number of ether oxygens (including phenoxy) is 1. The van der Waals surface area contributed by atoms with Crippen LogP contribution in [0.25, 0.3) is 11.3 Å². The van der Waals surface area contributed by atoms with E-state index in [4.69, 9.17) is 16.3 Å². The summed E-state index contributed by atoms with van der Waals surface area (Å²) < 4.78 is 4.75. The largest absolute Gasteiger partial charge is 0.439 e. The minimum atomic E-state index is -0.646. The minimum Gasteiger partial charge on any atom is -0.439 e. The van der Waals surface area contributed by atoms with Gasteiger partial charge in [0.15, 0.2) is 6.61 Å². The van der Waals surface area contributed by atoms with Crippen molar-refractivity contribution in [3.8, 4) is 11.3 Å². The molecule has 1 aromatic heterocycles. The van der Waals surface area contributed by atoms with Crippen molar-refractivity contribution in [1.82, 2.24) is 20.6 Å². The van der Waals surface area contributed by atoms with Gasteiger partial charge in [0.05, 0.1) is 5.69 Å². The van der Waals surface area contributed by atoms with E-state index >= 15 is 0 Å². The van der Waals surface area contributed by atoms with Gasteiger partial charge in [-0.2, -0.15) is 0 Å². The third kappa shape index (κ3) is 6.04. The summed E-state index contributed by atoms with van der Waals surface area (Å²) in [5.74, 6) is 0.277. The van der Waals surface area contributed by atoms with Crippen molar-refractivity contribution in [2.45, 2.75) is 13.3 Å². The summed E-state index contributed by atoms with van der Waals surface area (Å²) in [7, 11) is 1.47. The van der Waals surface area contributed by atoms with Gasteiger partial charge in [-0.05, 0) is 25.1 Å². The Bertz CT molecular complexity index is 750. The van der Waals surface area contributed by atoms with E-state index in [1.165, 1.54) is 7.05 Å². The molecule has 2 aromatic rings. The van der Waals surface area contributed by atoms with Crippen LogP contribution in [-0.4, -0.2) is 42.2 Å². The molecular formula is C17H19ClN4O3. The molecule has 2 rings (SSSR count). The predicted octanol–water partition coefficient (Wildman–Crippen LogP) is 2.12. The Morgan fingerprint density at radius 2 is 1.92 bits per heavy atom. The van der Waals surface area contributed by atoms with Crippen molar-refractivity contribution in [3.05, 3.63) is 46.9 Å². The van der Waals surface area contributed by atoms with Crippen LogP contribution in [-0.2, 0) is 16.0 Å². The molecule has 7 nitrogen and oxygen atoms in total. The Balaban J connectivity index is 1.93. The number of carbonyl (C=O) groups is 2. The van der Waals surface area contributed by atoms with E-state index in [-0.39, 0.29) is 12.5 Å². The summed E-state index contributed by atoms with van der Waals surface area (Å²) in [5, 5.41) is 5.60. The van der Waals surface area contributed by atoms with E-state index < -0.39 is 6.09 Å². The number of alkyl carbamates (subject to hydrolysis) is 1. The van der Waals surface area contributed by atoms with Crippen LogP contribution in [0.3, 0.4) is 0 Å². The van der Waals surface area contributed by atoms with Crippen molar-refractivity contribution >= 4 is 23.6 Å². The Morgan fingerprint density at radius 3 is 2.60 bits per heavy atom. The molecule has 0 radical (unpaired) electrons. The molecule has 8 heteroatoms. The number of aryl methyl sites for hydroxylation is 1. The number of nitrogens with zero attached hydrogens (tertiary/aromatic N) is 2. The molecule has 0 fully saturated rings. The molecule has 0 saturated heterocycles. The second kappa shape index (κ2) is 8.98. The summed E-state index contributed by atoms with van der Waals surface area (Å²) in [5.41, 5.74) is 2.53. The average molecular weight is 363 g/mol. The molecule has 132 valence electrons. The summed E-state index contributed by atoms with van der Waals surface area (Å²) in [4.78, 5) is 31.3. The van der Waals surface area contributed by atoms with Crippen LogP contribution >= 0.6 is 11.6 Å². The number of hydrogen-bond donors (Lipinski definition) is 2. The van der Waals surface area contributed by atoms with Gasteiger partial charge in [-0.15, -0.1) is 0 Å². The molecule has 2 amide bonds. The van der Waals surface area contributed by atoms with Crippen LogP contribution in [0.5, 0.6) is 0 Å². The fraction of sp³-hybridized carbons (Fsp3) is 0.294. The van der Waals surface area contributed by atoms with E-state index in [0.29, 0.717) is 23.8 Å². The van der Waals surface area contributed by atoms with Gasteiger partial charge in [0, 0.05) is 36.3 Å². The van der Waals surface area contributed by atoms with Crippen LogP contribution < -0.4 is 10.6 Å². The maximum Gasteiger partial charge on any atom is 0.407 e. The van der Waals surface area contributed by atoms with Crippen LogP contribution in [0.2, 0.25) is 5.02 Å². The Morgan fingerprint density at radius 1 is 1.20 bits per heavy atom. The summed E-state index contributed by atoms with van der Waals surface area (Å²) >= 11 is 5.90. The second-order valence-electron chi connectivity index (χ2n) is 5.22. The molecule has 2 N–H and O–H groups in total. The zero-order valence-electron chi connectivity index (χ0n) is 14.0. The van der Waals surface area contributed by atoms with Crippen molar-refractivity contribution in [1.29, 1.82) is 0 Å². The average Bonchev–Trinajstić information content (AvgIpc) is 2.59. The molecule has 0 saturated carbocycles. The zero-order chi connectivity index (χ0) is 18.2. The molecule has 1 aromatic carbocycles. The van der Waals surface area contributed by atoms with Gasteiger partial charge < -0.3 is 15.4 Å². The highest BCUT2D eigenvalue weighted by Crippen LogP contribution is 2.20. The van der Waals surface area contributed by atoms with Gasteiger partial charge in [-0.1, -0.05) is 23.7 Å². The number of carbonyl (C=O) groups excluding carboxylic acids is 2. The van der Waals surface area contributed by atoms with Crippen LogP contribution in [0, 0.1) is 6.92 Å². The lowest BCUT2D eigenvalue weighted by atomic mass is 10.1. The number of nitrogens with one attached hydrogen (secondary N) is 2. The molecule has 0 aliphatic carbocycles. The van der Waals surface area contributed by atoms with Crippen molar-refractivity contribution < 1.29 is 14.3 Å². The molecular weight excluding hydrogens is 344 g/mol. The smallest absolute Gasteiger partial charge is 0.407 e. The fourth-order valence-electron chi connectivity index (χ4n) is 2.07. The monoisotopic (exact) mass is 362 g/mol. The normalized spacial score (nSPS) is 10.2. The quantitative estimate of drug-likeness (QED) is 0.821. The van der Waals surface area contributed by atoms with Crippen molar-refractivity contribution in [2.24, 2.45) is 0 Å². The SMILES string of the molecule is CNC(=O)COC(=O)NCCc1cc(-c2ccc(Cl)cc2)nc(C)n1. The maximum atomic E-state index is 11.5. The van der Waals surface area contributed by atoms with Crippen molar-refractivity contribution in [2.75, 3.05) is 20.2 Å². The van der Waals surface area contributed by atoms with E-state index in [1.54, 1.807) is 12.1 Å². The summed E-state index contributed by atoms with van der Waals surface area (Å²) in [6.07, 6.45) is -0.133. The van der Waals surface area contributed by atoms with Crippen LogP contribution in [0.4, 0.5) is 4.79 Å². The third-order valence-corrected chi connectivity index (χ3v) is 3.55. The lowest BCUT2D eigenvalue weighted by Crippen LogP contribution is -2.31. The molecule has 0 aliphatic heterocycles. The van der Waals surface area contributed by atoms with Crippen molar-refractivity contribution in [3.63, 3.8) is 0 Å². The van der Waals surface area contributed by atoms with E-state index in [2.05, 4.69) is 20.6 Å². The highest BCUT2D eigenvalue weighted by Gasteiger charge is 2.07. The van der Waals surface area contributed by atoms with Gasteiger partial charge in [0.25, 0.3) is 5.91 Å². The number of benzene rings is 1. The van der Waals surface area contributed by atoms with Crippen LogP contribution in [0.1, 0.15) is 11.5 Å². The van der Waals surface area contributed by atoms with Gasteiger partial charge in [-0.25, -0.2) is 14.8 Å². The maximum absolute atomic E-state index is 11.5. The number of rotatable bonds is 6. The second-order valence-corrected chi connectivity index (χ2v) is 5.66. The lowest BCUT2D eigenvalue weighted by Gasteiger charge is -2.08. The molecule has 0 unspecified atom stereocenters. The highest BCUT2D eigenvalue weighted by molar-refractivity contribution is 6.30. The Labute approximate surface area is 150 Å². The number of aromatic nitrogens is 2. The van der Waals surface area contributed by atoms with E-state index in [0.717, 1.165) is 17.0 Å². The first-order valence-corrected chi connectivity index (χ1v) is 8.07. The zero-order valence-corrected chi connectivity index (χ0v) is 14.8. The first-order valence-electron chi connectivity index (χ1n) is 7.69. The van der Waals surface area contributed by atoms with Crippen LogP contribution in [0.15, 0.2) is 30.3 Å². The minimum absolute atomic E-state index is 0.310. The Kier molecular flexibility index (Phi) is 6.71. The van der Waals surface area contributed by atoms with E-state index in [1.807, 2.05) is 25.1 Å². The first kappa shape index (κ1) is 18.7. The number of amides is 2. The molecule has 25 heavy (non-hydrogen) atoms. The Hall–Kier alpha value is -2.67. The standard InChI is InChI=1S/C17H19ClN4O3/c1-11-21-14(7-8-20-17(24)25-10-16(23)19-2)9-15(22-11)12-3-5-13(18)6-4-12/h3-6,9H,7-8,10H2,1-2H3,(H,19,23)(H,20,24). The summed E-state index contributed by atoms with van der Waals surface area (Å²) in [6.45, 7) is 1.84. The fourth-order valence-corrected chi connectivity index (χ4v) is 2.20. The number of halogens is 1. The molecule has 0 aliphatic rings. The number of hydrogen-bond acceptors (Lipinski definition) is 5. The van der Waals surface area contributed by atoms with E-state index in [9.17, 15) is 9.59 Å². The first-order chi connectivity index (χ1) is 12.0. The van der Waals surface area contributed by atoms with Gasteiger partial charge in [-0.3, -0.25) is 4.79 Å². The van der Waals surface area contributed by atoms with Gasteiger partial charge in [0.1, 0.15) is 5.82 Å². The molecule has 1 heterocycles. The third-order valence-electron chi connectivity index (χ3n) is 3.29. The topological polar surface area (TPSA) is 93.2 Å². The summed E-state index contributed by atoms with van der Waals surface area (Å²) in [6, 6.07) is 9.26. The molecule has 0 spiro atoms.